The highest BCUT2D eigenvalue weighted by Crippen LogP contribution is 2.01. The van der Waals surface area contributed by atoms with Gasteiger partial charge in [0, 0.05) is 25.9 Å². The second-order valence-corrected chi connectivity index (χ2v) is 5.13. The van der Waals surface area contributed by atoms with Crippen LogP contribution in [-0.2, 0) is 9.53 Å². The van der Waals surface area contributed by atoms with Gasteiger partial charge >= 0.3 is 0 Å². The maximum absolute atomic E-state index is 11.8. The number of amides is 1. The Kier molecular flexibility index (Phi) is 7.65. The van der Waals surface area contributed by atoms with Crippen molar-refractivity contribution >= 4 is 11.7 Å². The standard InChI is InChI=1S/C15H25N3O2/c1-12(2)7-11-20-13(3)15(19)18-10-9-17-14-6-4-5-8-16-14/h4-6,8,12-13H,7,9-11H2,1-3H3,(H,16,17)(H,18,19). The molecule has 1 unspecified atom stereocenters. The van der Waals surface area contributed by atoms with Crippen LogP contribution >= 0.6 is 0 Å². The van der Waals surface area contributed by atoms with E-state index in [4.69, 9.17) is 4.74 Å². The zero-order valence-electron chi connectivity index (χ0n) is 12.6. The summed E-state index contributed by atoms with van der Waals surface area (Å²) in [7, 11) is 0. The number of nitrogens with one attached hydrogen (secondary N) is 2. The number of pyridine rings is 1. The minimum absolute atomic E-state index is 0.0726. The van der Waals surface area contributed by atoms with E-state index in [1.165, 1.54) is 0 Å². The molecule has 5 heteroatoms. The molecule has 1 heterocycles. The number of hydrogen-bond donors (Lipinski definition) is 2. The summed E-state index contributed by atoms with van der Waals surface area (Å²) in [6, 6.07) is 5.67. The molecule has 0 saturated heterocycles. The lowest BCUT2D eigenvalue weighted by atomic mass is 10.1. The van der Waals surface area contributed by atoms with Crippen LogP contribution in [0, 0.1) is 5.92 Å². The lowest BCUT2D eigenvalue weighted by Gasteiger charge is -2.14. The average Bonchev–Trinajstić information content (AvgIpc) is 2.44. The lowest BCUT2D eigenvalue weighted by Crippen LogP contribution is -2.37. The van der Waals surface area contributed by atoms with Gasteiger partial charge in [0.2, 0.25) is 5.91 Å². The van der Waals surface area contributed by atoms with Crippen molar-refractivity contribution in [3.8, 4) is 0 Å². The Morgan fingerprint density at radius 2 is 2.10 bits per heavy atom. The molecular weight excluding hydrogens is 254 g/mol. The van der Waals surface area contributed by atoms with Gasteiger partial charge in [-0.25, -0.2) is 4.98 Å². The highest BCUT2D eigenvalue weighted by Gasteiger charge is 2.12. The summed E-state index contributed by atoms with van der Waals surface area (Å²) < 4.78 is 5.49. The van der Waals surface area contributed by atoms with Crippen LogP contribution in [0.25, 0.3) is 0 Å². The SMILES string of the molecule is CC(C)CCOC(C)C(=O)NCCNc1ccccn1. The van der Waals surface area contributed by atoms with Crippen molar-refractivity contribution < 1.29 is 9.53 Å². The summed E-state index contributed by atoms with van der Waals surface area (Å²) in [6.45, 7) is 7.86. The van der Waals surface area contributed by atoms with Crippen LogP contribution in [-0.4, -0.2) is 36.7 Å². The number of ether oxygens (including phenoxy) is 1. The molecule has 0 aliphatic heterocycles. The van der Waals surface area contributed by atoms with Crippen molar-refractivity contribution in [2.24, 2.45) is 5.92 Å². The monoisotopic (exact) mass is 279 g/mol. The van der Waals surface area contributed by atoms with Crippen LogP contribution in [0.2, 0.25) is 0 Å². The third-order valence-electron chi connectivity index (χ3n) is 2.83. The van der Waals surface area contributed by atoms with Gasteiger partial charge in [0.1, 0.15) is 11.9 Å². The Labute approximate surface area is 121 Å². The fourth-order valence-electron chi connectivity index (χ4n) is 1.54. The van der Waals surface area contributed by atoms with Gasteiger partial charge in [-0.1, -0.05) is 19.9 Å². The average molecular weight is 279 g/mol. The van der Waals surface area contributed by atoms with Crippen molar-refractivity contribution in [1.29, 1.82) is 0 Å². The quantitative estimate of drug-likeness (QED) is 0.679. The van der Waals surface area contributed by atoms with Crippen molar-refractivity contribution in [2.75, 3.05) is 25.0 Å². The van der Waals surface area contributed by atoms with Gasteiger partial charge in [0.05, 0.1) is 0 Å². The first-order valence-electron chi connectivity index (χ1n) is 7.14. The molecule has 0 aromatic carbocycles. The summed E-state index contributed by atoms with van der Waals surface area (Å²) in [5.41, 5.74) is 0. The molecule has 0 aliphatic carbocycles. The summed E-state index contributed by atoms with van der Waals surface area (Å²) in [5, 5.41) is 5.97. The van der Waals surface area contributed by atoms with Gasteiger partial charge in [0.25, 0.3) is 0 Å². The molecule has 0 saturated carbocycles. The molecule has 20 heavy (non-hydrogen) atoms. The van der Waals surface area contributed by atoms with Crippen LogP contribution in [0.3, 0.4) is 0 Å². The zero-order chi connectivity index (χ0) is 14.8. The van der Waals surface area contributed by atoms with Gasteiger partial charge in [0.15, 0.2) is 0 Å². The van der Waals surface area contributed by atoms with E-state index in [2.05, 4.69) is 29.5 Å². The van der Waals surface area contributed by atoms with E-state index in [1.54, 1.807) is 13.1 Å². The maximum atomic E-state index is 11.8. The van der Waals surface area contributed by atoms with Gasteiger partial charge in [-0.2, -0.15) is 0 Å². The molecule has 1 rings (SSSR count). The maximum Gasteiger partial charge on any atom is 0.248 e. The van der Waals surface area contributed by atoms with Crippen LogP contribution < -0.4 is 10.6 Å². The van der Waals surface area contributed by atoms with Crippen molar-refractivity contribution in [1.82, 2.24) is 10.3 Å². The summed E-state index contributed by atoms with van der Waals surface area (Å²) in [6.07, 6.45) is 2.30. The van der Waals surface area contributed by atoms with Gasteiger partial charge < -0.3 is 15.4 Å². The third-order valence-corrected chi connectivity index (χ3v) is 2.83. The smallest absolute Gasteiger partial charge is 0.248 e. The summed E-state index contributed by atoms with van der Waals surface area (Å²) >= 11 is 0. The molecule has 2 N–H and O–H groups in total. The van der Waals surface area contributed by atoms with Crippen molar-refractivity contribution in [2.45, 2.75) is 33.3 Å². The second-order valence-electron chi connectivity index (χ2n) is 5.13. The van der Waals surface area contributed by atoms with Gasteiger partial charge in [-0.05, 0) is 31.4 Å². The van der Waals surface area contributed by atoms with E-state index < -0.39 is 6.10 Å². The van der Waals surface area contributed by atoms with E-state index in [-0.39, 0.29) is 5.91 Å². The predicted octanol–water partition coefficient (Wildman–Crippen LogP) is 2.06. The number of carbonyl (C=O) groups is 1. The van der Waals surface area contributed by atoms with E-state index in [0.717, 1.165) is 12.2 Å². The minimum atomic E-state index is -0.399. The van der Waals surface area contributed by atoms with E-state index in [9.17, 15) is 4.79 Å². The van der Waals surface area contributed by atoms with E-state index in [1.807, 2.05) is 18.2 Å². The highest BCUT2D eigenvalue weighted by molar-refractivity contribution is 5.80. The van der Waals surface area contributed by atoms with Crippen LogP contribution in [0.15, 0.2) is 24.4 Å². The van der Waals surface area contributed by atoms with Gasteiger partial charge in [-0.15, -0.1) is 0 Å². The Balaban J connectivity index is 2.10. The van der Waals surface area contributed by atoms with Crippen molar-refractivity contribution in [3.63, 3.8) is 0 Å². The first-order chi connectivity index (χ1) is 9.59. The molecular formula is C15H25N3O2. The molecule has 112 valence electrons. The topological polar surface area (TPSA) is 63.2 Å². The molecule has 5 nitrogen and oxygen atoms in total. The number of anilines is 1. The highest BCUT2D eigenvalue weighted by atomic mass is 16.5. The molecule has 0 spiro atoms. The van der Waals surface area contributed by atoms with Gasteiger partial charge in [-0.3, -0.25) is 4.79 Å². The Morgan fingerprint density at radius 1 is 1.30 bits per heavy atom. The summed E-state index contributed by atoms with van der Waals surface area (Å²) in [5.74, 6) is 1.33. The molecule has 0 bridgehead atoms. The Morgan fingerprint density at radius 3 is 2.75 bits per heavy atom. The fourth-order valence-corrected chi connectivity index (χ4v) is 1.54. The Bertz CT molecular complexity index is 382. The first kappa shape index (κ1) is 16.4. The minimum Gasteiger partial charge on any atom is -0.369 e. The molecule has 1 amide bonds. The Hall–Kier alpha value is -1.62. The molecule has 1 aromatic heterocycles. The number of rotatable bonds is 9. The number of carbonyl (C=O) groups excluding carboxylic acids is 1. The predicted molar refractivity (Wildman–Crippen MR) is 80.6 cm³/mol. The van der Waals surface area contributed by atoms with E-state index >= 15 is 0 Å². The molecule has 0 fully saturated rings. The fraction of sp³-hybridized carbons (Fsp3) is 0.600. The summed E-state index contributed by atoms with van der Waals surface area (Å²) in [4.78, 5) is 15.9. The van der Waals surface area contributed by atoms with Crippen molar-refractivity contribution in [3.05, 3.63) is 24.4 Å². The van der Waals surface area contributed by atoms with E-state index in [0.29, 0.717) is 25.6 Å². The second kappa shape index (κ2) is 9.31. The molecule has 0 aliphatic rings. The van der Waals surface area contributed by atoms with Crippen LogP contribution in [0.1, 0.15) is 27.2 Å². The first-order valence-corrected chi connectivity index (χ1v) is 7.14. The number of hydrogen-bond acceptors (Lipinski definition) is 4. The zero-order valence-corrected chi connectivity index (χ0v) is 12.6. The number of aromatic nitrogens is 1. The molecule has 1 aromatic rings. The normalized spacial score (nSPS) is 12.2. The third kappa shape index (κ3) is 7.09. The largest absolute Gasteiger partial charge is 0.369 e. The molecule has 0 radical (unpaired) electrons. The van der Waals surface area contributed by atoms with Crippen LogP contribution in [0.4, 0.5) is 5.82 Å². The number of nitrogens with zero attached hydrogens (tertiary/aromatic N) is 1. The molecule has 1 atom stereocenters. The lowest BCUT2D eigenvalue weighted by molar-refractivity contribution is -0.131. The van der Waals surface area contributed by atoms with Crippen LogP contribution in [0.5, 0.6) is 0 Å².